The third kappa shape index (κ3) is 4.10. The SMILES string of the molecule is COc1cc2c(cc1OC)CN(Cc1cnc(N3CCCCC3)n3nc(-c4ccco4)nc13)CC2. The van der Waals surface area contributed by atoms with E-state index in [1.165, 1.54) is 30.4 Å². The molecule has 9 heteroatoms. The lowest BCUT2D eigenvalue weighted by Crippen LogP contribution is -2.33. The standard InChI is InChI=1S/C26H30N6O3/c1-33-22-13-18-8-11-30(16-19(18)14-23(22)34-2)17-20-15-27-26(31-9-4-3-5-10-31)32-25(20)28-24(29-32)21-7-6-12-35-21/h6-7,12-15H,3-5,8-11,16-17H2,1-2H3. The van der Waals surface area contributed by atoms with Crippen LogP contribution in [0.25, 0.3) is 17.2 Å². The zero-order valence-electron chi connectivity index (χ0n) is 20.2. The van der Waals surface area contributed by atoms with Gasteiger partial charge in [0.25, 0.3) is 0 Å². The Labute approximate surface area is 204 Å². The van der Waals surface area contributed by atoms with E-state index in [1.807, 2.05) is 22.8 Å². The third-order valence-electron chi connectivity index (χ3n) is 6.99. The van der Waals surface area contributed by atoms with Crippen molar-refractivity contribution in [2.24, 2.45) is 0 Å². The molecule has 0 bridgehead atoms. The maximum absolute atomic E-state index is 5.60. The first-order valence-corrected chi connectivity index (χ1v) is 12.2. The van der Waals surface area contributed by atoms with Gasteiger partial charge in [0.15, 0.2) is 22.9 Å². The van der Waals surface area contributed by atoms with Crippen molar-refractivity contribution in [2.75, 3.05) is 38.8 Å². The van der Waals surface area contributed by atoms with E-state index in [0.717, 1.165) is 67.8 Å². The fourth-order valence-electron chi connectivity index (χ4n) is 5.16. The van der Waals surface area contributed by atoms with E-state index in [-0.39, 0.29) is 0 Å². The minimum atomic E-state index is 0.586. The number of rotatable bonds is 6. The molecule has 1 saturated heterocycles. The van der Waals surface area contributed by atoms with Gasteiger partial charge in [-0.2, -0.15) is 4.52 Å². The van der Waals surface area contributed by atoms with Crippen LogP contribution in [-0.4, -0.2) is 58.3 Å². The second kappa shape index (κ2) is 9.22. The van der Waals surface area contributed by atoms with Gasteiger partial charge in [-0.25, -0.2) is 9.97 Å². The average molecular weight is 475 g/mol. The van der Waals surface area contributed by atoms with Gasteiger partial charge in [-0.05, 0) is 61.1 Å². The molecule has 6 rings (SSSR count). The summed E-state index contributed by atoms with van der Waals surface area (Å²) in [5.74, 6) is 3.66. The highest BCUT2D eigenvalue weighted by atomic mass is 16.5. The molecule has 3 aromatic heterocycles. The lowest BCUT2D eigenvalue weighted by atomic mass is 9.98. The summed E-state index contributed by atoms with van der Waals surface area (Å²) in [7, 11) is 3.36. The predicted molar refractivity (Wildman–Crippen MR) is 132 cm³/mol. The molecule has 0 radical (unpaired) electrons. The fourth-order valence-corrected chi connectivity index (χ4v) is 5.16. The molecule has 9 nitrogen and oxygen atoms in total. The van der Waals surface area contributed by atoms with Gasteiger partial charge in [-0.3, -0.25) is 4.90 Å². The van der Waals surface area contributed by atoms with Crippen molar-refractivity contribution in [3.63, 3.8) is 0 Å². The molecule has 0 amide bonds. The van der Waals surface area contributed by atoms with E-state index >= 15 is 0 Å². The summed E-state index contributed by atoms with van der Waals surface area (Å²) in [5, 5.41) is 4.82. The second-order valence-electron chi connectivity index (χ2n) is 9.22. The molecule has 0 N–H and O–H groups in total. The minimum absolute atomic E-state index is 0.586. The zero-order valence-corrected chi connectivity index (χ0v) is 20.2. The lowest BCUT2D eigenvalue weighted by Gasteiger charge is -2.30. The number of hydrogen-bond acceptors (Lipinski definition) is 8. The van der Waals surface area contributed by atoms with Gasteiger partial charge in [0.2, 0.25) is 11.8 Å². The van der Waals surface area contributed by atoms with Crippen LogP contribution in [0.5, 0.6) is 11.5 Å². The molecule has 2 aliphatic heterocycles. The normalized spacial score (nSPS) is 16.5. The molecule has 1 fully saturated rings. The Kier molecular flexibility index (Phi) is 5.77. The van der Waals surface area contributed by atoms with E-state index < -0.39 is 0 Å². The van der Waals surface area contributed by atoms with Gasteiger partial charge in [0, 0.05) is 44.5 Å². The second-order valence-corrected chi connectivity index (χ2v) is 9.22. The number of benzene rings is 1. The van der Waals surface area contributed by atoms with Crippen LogP contribution in [0.15, 0.2) is 41.1 Å². The number of piperidine rings is 1. The van der Waals surface area contributed by atoms with Gasteiger partial charge in [-0.1, -0.05) is 0 Å². The van der Waals surface area contributed by atoms with E-state index in [1.54, 1.807) is 20.5 Å². The Morgan fingerprint density at radius 2 is 1.80 bits per heavy atom. The molecule has 0 unspecified atom stereocenters. The van der Waals surface area contributed by atoms with Crippen molar-refractivity contribution in [1.82, 2.24) is 24.5 Å². The molecule has 5 heterocycles. The van der Waals surface area contributed by atoms with Gasteiger partial charge >= 0.3 is 0 Å². The molecule has 4 aromatic rings. The molecular weight excluding hydrogens is 444 g/mol. The van der Waals surface area contributed by atoms with E-state index in [0.29, 0.717) is 11.6 Å². The van der Waals surface area contributed by atoms with Crippen LogP contribution in [0.2, 0.25) is 0 Å². The molecule has 0 atom stereocenters. The van der Waals surface area contributed by atoms with Crippen molar-refractivity contribution < 1.29 is 13.9 Å². The van der Waals surface area contributed by atoms with Crippen molar-refractivity contribution in [2.45, 2.75) is 38.8 Å². The van der Waals surface area contributed by atoms with Crippen LogP contribution >= 0.6 is 0 Å². The number of fused-ring (bicyclic) bond motifs is 2. The summed E-state index contributed by atoms with van der Waals surface area (Å²) in [6.45, 7) is 4.49. The first-order chi connectivity index (χ1) is 17.2. The monoisotopic (exact) mass is 474 g/mol. The number of methoxy groups -OCH3 is 2. The largest absolute Gasteiger partial charge is 0.493 e. The van der Waals surface area contributed by atoms with Gasteiger partial charge in [0.1, 0.15) is 0 Å². The molecule has 0 spiro atoms. The van der Waals surface area contributed by atoms with Crippen LogP contribution in [0, 0.1) is 0 Å². The number of aromatic nitrogens is 4. The van der Waals surface area contributed by atoms with Crippen LogP contribution in [-0.2, 0) is 19.5 Å². The summed E-state index contributed by atoms with van der Waals surface area (Å²) in [6.07, 6.45) is 8.19. The first-order valence-electron chi connectivity index (χ1n) is 12.2. The first kappa shape index (κ1) is 21.9. The summed E-state index contributed by atoms with van der Waals surface area (Å²) in [4.78, 5) is 14.5. The minimum Gasteiger partial charge on any atom is -0.493 e. The summed E-state index contributed by atoms with van der Waals surface area (Å²) in [5.41, 5.74) is 4.47. The molecule has 182 valence electrons. The fraction of sp³-hybridized carbons (Fsp3) is 0.423. The lowest BCUT2D eigenvalue weighted by molar-refractivity contribution is 0.244. The van der Waals surface area contributed by atoms with Gasteiger partial charge in [-0.15, -0.1) is 5.10 Å². The van der Waals surface area contributed by atoms with Crippen molar-refractivity contribution >= 4 is 11.6 Å². The molecule has 2 aliphatic rings. The Bertz CT molecular complexity index is 1330. The topological polar surface area (TPSA) is 81.2 Å². The summed E-state index contributed by atoms with van der Waals surface area (Å²) >= 11 is 0. The Morgan fingerprint density at radius 3 is 2.54 bits per heavy atom. The van der Waals surface area contributed by atoms with Gasteiger partial charge < -0.3 is 18.8 Å². The third-order valence-corrected chi connectivity index (χ3v) is 6.99. The zero-order chi connectivity index (χ0) is 23.8. The van der Waals surface area contributed by atoms with Crippen molar-refractivity contribution in [3.05, 3.63) is 53.4 Å². The van der Waals surface area contributed by atoms with Crippen LogP contribution in [0.3, 0.4) is 0 Å². The van der Waals surface area contributed by atoms with Gasteiger partial charge in [0.05, 0.1) is 20.5 Å². The summed E-state index contributed by atoms with van der Waals surface area (Å²) < 4.78 is 18.5. The summed E-state index contributed by atoms with van der Waals surface area (Å²) in [6, 6.07) is 7.96. The van der Waals surface area contributed by atoms with E-state index in [4.69, 9.17) is 29.0 Å². The Hall–Kier alpha value is -3.59. The molecule has 1 aromatic carbocycles. The quantitative estimate of drug-likeness (QED) is 0.416. The van der Waals surface area contributed by atoms with Crippen molar-refractivity contribution in [1.29, 1.82) is 0 Å². The van der Waals surface area contributed by atoms with Crippen molar-refractivity contribution in [3.8, 4) is 23.1 Å². The molecular formula is C26H30N6O3. The van der Waals surface area contributed by atoms with Crippen LogP contribution in [0.4, 0.5) is 5.95 Å². The smallest absolute Gasteiger partial charge is 0.228 e. The van der Waals surface area contributed by atoms with Crippen LogP contribution in [0.1, 0.15) is 36.0 Å². The maximum Gasteiger partial charge on any atom is 0.228 e. The highest BCUT2D eigenvalue weighted by Crippen LogP contribution is 2.34. The predicted octanol–water partition coefficient (Wildman–Crippen LogP) is 3.95. The number of furan rings is 1. The van der Waals surface area contributed by atoms with E-state index in [9.17, 15) is 0 Å². The van der Waals surface area contributed by atoms with Crippen LogP contribution < -0.4 is 14.4 Å². The maximum atomic E-state index is 5.60. The molecule has 0 saturated carbocycles. The average Bonchev–Trinajstić information content (AvgIpc) is 3.59. The highest BCUT2D eigenvalue weighted by Gasteiger charge is 2.24. The number of hydrogen-bond donors (Lipinski definition) is 0. The van der Waals surface area contributed by atoms with E-state index in [2.05, 4.69) is 21.9 Å². The Balaban J connectivity index is 1.33. The molecule has 35 heavy (non-hydrogen) atoms. The number of ether oxygens (including phenoxy) is 2. The number of nitrogens with zero attached hydrogens (tertiary/aromatic N) is 6. The number of anilines is 1. The Morgan fingerprint density at radius 1 is 1.00 bits per heavy atom. The molecule has 0 aliphatic carbocycles. The highest BCUT2D eigenvalue weighted by molar-refractivity contribution is 5.58.